The smallest absolute Gasteiger partial charge is 0.0109 e. The lowest BCUT2D eigenvalue weighted by molar-refractivity contribution is 0.219. The molecule has 92 valence electrons. The molecule has 1 N–H and O–H groups in total. The molecule has 15 heavy (non-hydrogen) atoms. The van der Waals surface area contributed by atoms with Crippen LogP contribution in [0.2, 0.25) is 0 Å². The van der Waals surface area contributed by atoms with Gasteiger partial charge in [0, 0.05) is 19.1 Å². The molecule has 0 saturated heterocycles. The molecular formula is C12H29N3. The third-order valence-corrected chi connectivity index (χ3v) is 2.82. The molecule has 0 saturated carbocycles. The van der Waals surface area contributed by atoms with Crippen molar-refractivity contribution in [3.63, 3.8) is 0 Å². The number of hydrogen-bond donors (Lipinski definition) is 1. The van der Waals surface area contributed by atoms with E-state index in [0.717, 1.165) is 26.2 Å². The maximum absolute atomic E-state index is 3.45. The second-order valence-electron chi connectivity index (χ2n) is 4.67. The molecule has 0 amide bonds. The van der Waals surface area contributed by atoms with Crippen molar-refractivity contribution in [1.29, 1.82) is 0 Å². The Bertz CT molecular complexity index is 137. The highest BCUT2D eigenvalue weighted by Gasteiger charge is 2.08. The van der Waals surface area contributed by atoms with E-state index in [1.807, 2.05) is 0 Å². The summed E-state index contributed by atoms with van der Waals surface area (Å²) in [5.74, 6) is 0. The van der Waals surface area contributed by atoms with Crippen molar-refractivity contribution in [2.24, 2.45) is 0 Å². The Morgan fingerprint density at radius 2 is 1.73 bits per heavy atom. The normalized spacial score (nSPS) is 13.8. The lowest BCUT2D eigenvalue weighted by Crippen LogP contribution is -2.36. The van der Waals surface area contributed by atoms with Gasteiger partial charge >= 0.3 is 0 Å². The molecule has 3 nitrogen and oxygen atoms in total. The van der Waals surface area contributed by atoms with Crippen molar-refractivity contribution in [3.05, 3.63) is 0 Å². The summed E-state index contributed by atoms with van der Waals surface area (Å²) < 4.78 is 0. The van der Waals surface area contributed by atoms with Crippen LogP contribution < -0.4 is 5.32 Å². The summed E-state index contributed by atoms with van der Waals surface area (Å²) in [5, 5.41) is 3.45. The topological polar surface area (TPSA) is 18.5 Å². The summed E-state index contributed by atoms with van der Waals surface area (Å²) >= 11 is 0. The Hall–Kier alpha value is -0.120. The molecule has 0 bridgehead atoms. The molecule has 0 aromatic rings. The summed E-state index contributed by atoms with van der Waals surface area (Å²) in [6.45, 7) is 9.10. The van der Waals surface area contributed by atoms with E-state index in [2.05, 4.69) is 50.1 Å². The second kappa shape index (κ2) is 9.13. The first-order valence-corrected chi connectivity index (χ1v) is 6.13. The number of rotatable bonds is 9. The van der Waals surface area contributed by atoms with Gasteiger partial charge in [-0.05, 0) is 54.0 Å². The molecule has 0 fully saturated rings. The lowest BCUT2D eigenvalue weighted by atomic mass is 10.2. The van der Waals surface area contributed by atoms with Gasteiger partial charge in [0.05, 0.1) is 0 Å². The van der Waals surface area contributed by atoms with Crippen LogP contribution in [0, 0.1) is 0 Å². The second-order valence-corrected chi connectivity index (χ2v) is 4.67. The van der Waals surface area contributed by atoms with Crippen LogP contribution in [0.15, 0.2) is 0 Å². The molecule has 0 spiro atoms. The predicted molar refractivity (Wildman–Crippen MR) is 68.4 cm³/mol. The maximum atomic E-state index is 3.45. The van der Waals surface area contributed by atoms with Crippen molar-refractivity contribution in [3.8, 4) is 0 Å². The first-order chi connectivity index (χ1) is 7.07. The predicted octanol–water partition coefficient (Wildman–Crippen LogP) is 1.26. The van der Waals surface area contributed by atoms with Crippen LogP contribution in [-0.4, -0.2) is 63.2 Å². The van der Waals surface area contributed by atoms with Crippen molar-refractivity contribution >= 4 is 0 Å². The van der Waals surface area contributed by atoms with Gasteiger partial charge in [0.15, 0.2) is 0 Å². The third kappa shape index (κ3) is 8.85. The highest BCUT2D eigenvalue weighted by atomic mass is 15.2. The van der Waals surface area contributed by atoms with E-state index in [1.165, 1.54) is 12.8 Å². The van der Waals surface area contributed by atoms with Crippen molar-refractivity contribution < 1.29 is 0 Å². The molecule has 0 aromatic heterocycles. The standard InChI is InChI=1S/C12H29N3/c1-6-8-13-9-7-12(2)15(5)11-10-14(3)4/h12-13H,6-11H2,1-5H3. The molecule has 1 atom stereocenters. The Labute approximate surface area is 95.8 Å². The van der Waals surface area contributed by atoms with Gasteiger partial charge in [0.2, 0.25) is 0 Å². The SMILES string of the molecule is CCCNCCC(C)N(C)CCN(C)C. The zero-order chi connectivity index (χ0) is 11.7. The number of nitrogens with one attached hydrogen (secondary N) is 1. The quantitative estimate of drug-likeness (QED) is 0.584. The molecule has 0 radical (unpaired) electrons. The average molecular weight is 215 g/mol. The zero-order valence-electron chi connectivity index (χ0n) is 11.2. The molecule has 0 heterocycles. The fourth-order valence-electron chi connectivity index (χ4n) is 1.41. The molecule has 0 rings (SSSR count). The minimum Gasteiger partial charge on any atom is -0.317 e. The average Bonchev–Trinajstić information content (AvgIpc) is 2.20. The molecule has 3 heteroatoms. The van der Waals surface area contributed by atoms with Gasteiger partial charge in [-0.2, -0.15) is 0 Å². The van der Waals surface area contributed by atoms with E-state index in [9.17, 15) is 0 Å². The number of nitrogens with zero attached hydrogens (tertiary/aromatic N) is 2. The van der Waals surface area contributed by atoms with Gasteiger partial charge in [-0.15, -0.1) is 0 Å². The highest BCUT2D eigenvalue weighted by molar-refractivity contribution is 4.65. The van der Waals surface area contributed by atoms with Crippen LogP contribution in [-0.2, 0) is 0 Å². The molecular weight excluding hydrogens is 186 g/mol. The van der Waals surface area contributed by atoms with Gasteiger partial charge in [-0.3, -0.25) is 0 Å². The molecule has 1 unspecified atom stereocenters. The van der Waals surface area contributed by atoms with Crippen LogP contribution in [0.25, 0.3) is 0 Å². The van der Waals surface area contributed by atoms with Crippen LogP contribution >= 0.6 is 0 Å². The van der Waals surface area contributed by atoms with Gasteiger partial charge in [-0.1, -0.05) is 6.92 Å². The Kier molecular flexibility index (Phi) is 9.06. The van der Waals surface area contributed by atoms with Crippen LogP contribution in [0.1, 0.15) is 26.7 Å². The summed E-state index contributed by atoms with van der Waals surface area (Å²) in [6.07, 6.45) is 2.47. The maximum Gasteiger partial charge on any atom is 0.0109 e. The van der Waals surface area contributed by atoms with Gasteiger partial charge in [0.25, 0.3) is 0 Å². The first kappa shape index (κ1) is 14.9. The van der Waals surface area contributed by atoms with E-state index in [-0.39, 0.29) is 0 Å². The van der Waals surface area contributed by atoms with E-state index < -0.39 is 0 Å². The molecule has 0 aliphatic heterocycles. The minimum atomic E-state index is 0.675. The van der Waals surface area contributed by atoms with E-state index in [0.29, 0.717) is 6.04 Å². The summed E-state index contributed by atoms with van der Waals surface area (Å²) in [4.78, 5) is 4.67. The van der Waals surface area contributed by atoms with E-state index in [4.69, 9.17) is 0 Å². The number of likely N-dealkylation sites (N-methyl/N-ethyl adjacent to an activating group) is 2. The number of hydrogen-bond acceptors (Lipinski definition) is 3. The van der Waals surface area contributed by atoms with Crippen LogP contribution in [0.4, 0.5) is 0 Å². The van der Waals surface area contributed by atoms with Crippen LogP contribution in [0.5, 0.6) is 0 Å². The van der Waals surface area contributed by atoms with Crippen molar-refractivity contribution in [1.82, 2.24) is 15.1 Å². The molecule has 0 aliphatic rings. The van der Waals surface area contributed by atoms with Gasteiger partial charge < -0.3 is 15.1 Å². The largest absolute Gasteiger partial charge is 0.317 e. The summed E-state index contributed by atoms with van der Waals surface area (Å²) in [5.41, 5.74) is 0. The van der Waals surface area contributed by atoms with Crippen LogP contribution in [0.3, 0.4) is 0 Å². The highest BCUT2D eigenvalue weighted by Crippen LogP contribution is 1.99. The van der Waals surface area contributed by atoms with E-state index >= 15 is 0 Å². The summed E-state index contributed by atoms with van der Waals surface area (Å²) in [7, 11) is 6.47. The van der Waals surface area contributed by atoms with Crippen molar-refractivity contribution in [2.75, 3.05) is 47.3 Å². The van der Waals surface area contributed by atoms with Crippen molar-refractivity contribution in [2.45, 2.75) is 32.7 Å². The Morgan fingerprint density at radius 3 is 2.27 bits per heavy atom. The fraction of sp³-hybridized carbons (Fsp3) is 1.00. The summed E-state index contributed by atoms with van der Waals surface area (Å²) in [6, 6.07) is 0.675. The fourth-order valence-corrected chi connectivity index (χ4v) is 1.41. The van der Waals surface area contributed by atoms with E-state index in [1.54, 1.807) is 0 Å². The van der Waals surface area contributed by atoms with Gasteiger partial charge in [0.1, 0.15) is 0 Å². The Balaban J connectivity index is 3.46. The lowest BCUT2D eigenvalue weighted by Gasteiger charge is -2.26. The van der Waals surface area contributed by atoms with Gasteiger partial charge in [-0.25, -0.2) is 0 Å². The molecule has 0 aliphatic carbocycles. The molecule has 0 aromatic carbocycles. The monoisotopic (exact) mass is 215 g/mol. The zero-order valence-corrected chi connectivity index (χ0v) is 11.2. The minimum absolute atomic E-state index is 0.675. The third-order valence-electron chi connectivity index (χ3n) is 2.82. The Morgan fingerprint density at radius 1 is 1.07 bits per heavy atom. The first-order valence-electron chi connectivity index (χ1n) is 6.13.